The predicted octanol–water partition coefficient (Wildman–Crippen LogP) is 4.42. The van der Waals surface area contributed by atoms with Crippen LogP contribution in [0.15, 0.2) is 12.7 Å². The lowest BCUT2D eigenvalue weighted by molar-refractivity contribution is 0.216. The van der Waals surface area contributed by atoms with Crippen molar-refractivity contribution < 1.29 is 0 Å². The topological polar surface area (TPSA) is 0 Å². The molecule has 13 heavy (non-hydrogen) atoms. The SMILES string of the molecule is C=CC(C)(CC)C1(C)CC1CCC. The highest BCUT2D eigenvalue weighted by Crippen LogP contribution is 2.66. The first-order valence-electron chi connectivity index (χ1n) is 5.67. The third-order valence-corrected chi connectivity index (χ3v) is 4.54. The molecule has 1 saturated carbocycles. The first kappa shape index (κ1) is 10.8. The van der Waals surface area contributed by atoms with E-state index >= 15 is 0 Å². The van der Waals surface area contributed by atoms with Crippen molar-refractivity contribution in [3.63, 3.8) is 0 Å². The maximum Gasteiger partial charge on any atom is -0.00953 e. The molecule has 0 heteroatoms. The number of rotatable bonds is 5. The Kier molecular flexibility index (Phi) is 2.89. The highest BCUT2D eigenvalue weighted by atomic mass is 14.6. The molecule has 0 aromatic carbocycles. The van der Waals surface area contributed by atoms with Gasteiger partial charge in [0.1, 0.15) is 0 Å². The van der Waals surface area contributed by atoms with Gasteiger partial charge >= 0.3 is 0 Å². The highest BCUT2D eigenvalue weighted by Gasteiger charge is 2.58. The Labute approximate surface area is 83.4 Å². The van der Waals surface area contributed by atoms with Crippen LogP contribution in [0.5, 0.6) is 0 Å². The van der Waals surface area contributed by atoms with Crippen molar-refractivity contribution >= 4 is 0 Å². The molecule has 0 spiro atoms. The van der Waals surface area contributed by atoms with E-state index in [2.05, 4.69) is 40.3 Å². The average molecular weight is 180 g/mol. The van der Waals surface area contributed by atoms with Gasteiger partial charge in [-0.3, -0.25) is 0 Å². The average Bonchev–Trinajstić information content (AvgIpc) is 2.78. The molecule has 0 bridgehead atoms. The maximum atomic E-state index is 4.00. The van der Waals surface area contributed by atoms with E-state index in [9.17, 15) is 0 Å². The van der Waals surface area contributed by atoms with Crippen LogP contribution in [0.3, 0.4) is 0 Å². The molecule has 3 unspecified atom stereocenters. The molecule has 3 atom stereocenters. The van der Waals surface area contributed by atoms with E-state index in [1.54, 1.807) is 0 Å². The van der Waals surface area contributed by atoms with Crippen molar-refractivity contribution in [2.45, 2.75) is 53.4 Å². The second-order valence-corrected chi connectivity index (χ2v) is 5.08. The summed E-state index contributed by atoms with van der Waals surface area (Å²) in [6.07, 6.45) is 7.56. The molecule has 0 aromatic rings. The van der Waals surface area contributed by atoms with Crippen LogP contribution < -0.4 is 0 Å². The van der Waals surface area contributed by atoms with Crippen molar-refractivity contribution in [3.8, 4) is 0 Å². The summed E-state index contributed by atoms with van der Waals surface area (Å²) in [6, 6.07) is 0. The van der Waals surface area contributed by atoms with Gasteiger partial charge in [-0.15, -0.1) is 6.58 Å². The summed E-state index contributed by atoms with van der Waals surface area (Å²) in [7, 11) is 0. The van der Waals surface area contributed by atoms with Gasteiger partial charge < -0.3 is 0 Å². The van der Waals surface area contributed by atoms with Crippen LogP contribution in [-0.4, -0.2) is 0 Å². The molecule has 76 valence electrons. The first-order chi connectivity index (χ1) is 6.04. The van der Waals surface area contributed by atoms with Gasteiger partial charge in [-0.2, -0.15) is 0 Å². The fourth-order valence-corrected chi connectivity index (χ4v) is 2.70. The van der Waals surface area contributed by atoms with Crippen molar-refractivity contribution in [2.75, 3.05) is 0 Å². The van der Waals surface area contributed by atoms with Crippen LogP contribution in [-0.2, 0) is 0 Å². The Morgan fingerprint density at radius 1 is 1.54 bits per heavy atom. The molecular weight excluding hydrogens is 156 g/mol. The first-order valence-corrected chi connectivity index (χ1v) is 5.67. The van der Waals surface area contributed by atoms with Gasteiger partial charge in [0.25, 0.3) is 0 Å². The highest BCUT2D eigenvalue weighted by molar-refractivity contribution is 5.13. The van der Waals surface area contributed by atoms with E-state index in [1.807, 2.05) is 0 Å². The minimum atomic E-state index is 0.368. The zero-order valence-electron chi connectivity index (χ0n) is 9.69. The smallest absolute Gasteiger partial charge is 0.00953 e. The van der Waals surface area contributed by atoms with Crippen LogP contribution in [0.1, 0.15) is 53.4 Å². The van der Waals surface area contributed by atoms with E-state index < -0.39 is 0 Å². The third-order valence-electron chi connectivity index (χ3n) is 4.54. The molecule has 0 radical (unpaired) electrons. The lowest BCUT2D eigenvalue weighted by Gasteiger charge is -2.33. The fraction of sp³-hybridized carbons (Fsp3) is 0.846. The van der Waals surface area contributed by atoms with Gasteiger partial charge in [0.2, 0.25) is 0 Å². The molecule has 0 nitrogen and oxygen atoms in total. The van der Waals surface area contributed by atoms with E-state index in [0.717, 1.165) is 5.92 Å². The van der Waals surface area contributed by atoms with Gasteiger partial charge in [-0.1, -0.05) is 46.6 Å². The van der Waals surface area contributed by atoms with Gasteiger partial charge in [0, 0.05) is 0 Å². The zero-order chi connectivity index (χ0) is 10.1. The standard InChI is InChI=1S/C13H24/c1-6-9-11-10-13(11,5)12(4,7-2)8-3/h7,11H,2,6,8-10H2,1,3-5H3. The normalized spacial score (nSPS) is 36.8. The second kappa shape index (κ2) is 3.48. The molecule has 1 fully saturated rings. The molecule has 1 aliphatic rings. The Morgan fingerprint density at radius 3 is 2.54 bits per heavy atom. The largest absolute Gasteiger partial charge is 0.103 e. The lowest BCUT2D eigenvalue weighted by atomic mass is 9.71. The Morgan fingerprint density at radius 2 is 2.15 bits per heavy atom. The van der Waals surface area contributed by atoms with E-state index in [-0.39, 0.29) is 0 Å². The minimum absolute atomic E-state index is 0.368. The second-order valence-electron chi connectivity index (χ2n) is 5.08. The molecular formula is C13H24. The number of hydrogen-bond donors (Lipinski definition) is 0. The molecule has 0 N–H and O–H groups in total. The summed E-state index contributed by atoms with van der Waals surface area (Å²) < 4.78 is 0. The monoisotopic (exact) mass is 180 g/mol. The molecule has 0 aliphatic heterocycles. The van der Waals surface area contributed by atoms with Gasteiger partial charge in [0.15, 0.2) is 0 Å². The van der Waals surface area contributed by atoms with Gasteiger partial charge in [-0.25, -0.2) is 0 Å². The predicted molar refractivity (Wildman–Crippen MR) is 59.7 cm³/mol. The number of hydrogen-bond acceptors (Lipinski definition) is 0. The quantitative estimate of drug-likeness (QED) is 0.550. The summed E-state index contributed by atoms with van der Waals surface area (Å²) >= 11 is 0. The molecule has 0 saturated heterocycles. The Balaban J connectivity index is 2.67. The van der Waals surface area contributed by atoms with E-state index in [1.165, 1.54) is 25.7 Å². The summed E-state index contributed by atoms with van der Waals surface area (Å²) in [5.41, 5.74) is 0.923. The molecule has 0 amide bonds. The fourth-order valence-electron chi connectivity index (χ4n) is 2.70. The zero-order valence-corrected chi connectivity index (χ0v) is 9.69. The molecule has 0 heterocycles. The van der Waals surface area contributed by atoms with Crippen LogP contribution in [0.2, 0.25) is 0 Å². The summed E-state index contributed by atoms with van der Waals surface area (Å²) in [4.78, 5) is 0. The Bertz CT molecular complexity index is 194. The van der Waals surface area contributed by atoms with Crippen molar-refractivity contribution in [2.24, 2.45) is 16.7 Å². The van der Waals surface area contributed by atoms with Gasteiger partial charge in [-0.05, 0) is 29.6 Å². The van der Waals surface area contributed by atoms with Crippen molar-refractivity contribution in [1.29, 1.82) is 0 Å². The summed E-state index contributed by atoms with van der Waals surface area (Å²) in [5.74, 6) is 0.959. The number of allylic oxidation sites excluding steroid dienone is 1. The van der Waals surface area contributed by atoms with Crippen molar-refractivity contribution in [3.05, 3.63) is 12.7 Å². The van der Waals surface area contributed by atoms with E-state index in [4.69, 9.17) is 0 Å². The van der Waals surface area contributed by atoms with Crippen LogP contribution in [0, 0.1) is 16.7 Å². The minimum Gasteiger partial charge on any atom is -0.103 e. The maximum absolute atomic E-state index is 4.00. The van der Waals surface area contributed by atoms with Gasteiger partial charge in [0.05, 0.1) is 0 Å². The lowest BCUT2D eigenvalue weighted by Crippen LogP contribution is -2.25. The van der Waals surface area contributed by atoms with E-state index in [0.29, 0.717) is 10.8 Å². The summed E-state index contributed by atoms with van der Waals surface area (Å²) in [6.45, 7) is 13.4. The summed E-state index contributed by atoms with van der Waals surface area (Å²) in [5, 5.41) is 0. The van der Waals surface area contributed by atoms with Crippen LogP contribution >= 0.6 is 0 Å². The van der Waals surface area contributed by atoms with Crippen LogP contribution in [0.25, 0.3) is 0 Å². The molecule has 0 aromatic heterocycles. The molecule has 1 rings (SSSR count). The van der Waals surface area contributed by atoms with Crippen molar-refractivity contribution in [1.82, 2.24) is 0 Å². The van der Waals surface area contributed by atoms with Crippen LogP contribution in [0.4, 0.5) is 0 Å². The molecule has 1 aliphatic carbocycles. The Hall–Kier alpha value is -0.260. The third kappa shape index (κ3) is 1.56.